The first-order valence-corrected chi connectivity index (χ1v) is 11.8. The number of carboxylic acids is 1. The first-order chi connectivity index (χ1) is 17.0. The molecule has 2 aromatic carbocycles. The number of carboxylic acid groups (broad SMARTS) is 1. The summed E-state index contributed by atoms with van der Waals surface area (Å²) in [5.74, 6) is -1.23. The minimum absolute atomic E-state index is 0.0123. The molecule has 1 aliphatic heterocycles. The summed E-state index contributed by atoms with van der Waals surface area (Å²) in [5, 5.41) is 11.7. The van der Waals surface area contributed by atoms with Gasteiger partial charge < -0.3 is 24.8 Å². The Kier molecular flexibility index (Phi) is 7.99. The van der Waals surface area contributed by atoms with Crippen LogP contribution in [0.4, 0.5) is 4.79 Å². The van der Waals surface area contributed by atoms with E-state index in [1.165, 1.54) is 7.11 Å². The molecule has 4 rings (SSSR count). The lowest BCUT2D eigenvalue weighted by atomic mass is 9.98. The van der Waals surface area contributed by atoms with Crippen LogP contribution >= 0.6 is 0 Å². The molecule has 35 heavy (non-hydrogen) atoms. The summed E-state index contributed by atoms with van der Waals surface area (Å²) in [6, 6.07) is 15.3. The Morgan fingerprint density at radius 3 is 2.29 bits per heavy atom. The van der Waals surface area contributed by atoms with E-state index in [4.69, 9.17) is 14.6 Å². The standard InChI is InChI=1S/C26H31N3O6/c1-34-17-23(25(32)29-12-6-11-28(13-14-29)15-24(30)31)27-26(33)35-16-22-20-9-4-2-7-18(20)19-8-3-5-10-21(19)22/h2-5,7-10,22-23H,6,11-17H2,1H3,(H,27,33)(H,30,31)/t23-/m0/s1. The first-order valence-electron chi connectivity index (χ1n) is 11.8. The Bertz CT molecular complexity index is 1030. The van der Waals surface area contributed by atoms with Crippen LogP contribution in [0.2, 0.25) is 0 Å². The third kappa shape index (κ3) is 5.80. The van der Waals surface area contributed by atoms with Gasteiger partial charge >= 0.3 is 12.1 Å². The van der Waals surface area contributed by atoms with E-state index >= 15 is 0 Å². The molecule has 2 N–H and O–H groups in total. The molecule has 1 aliphatic carbocycles. The minimum atomic E-state index is -0.890. The number of amides is 2. The van der Waals surface area contributed by atoms with Crippen molar-refractivity contribution in [3.63, 3.8) is 0 Å². The zero-order valence-corrected chi connectivity index (χ0v) is 19.8. The quantitative estimate of drug-likeness (QED) is 0.595. The van der Waals surface area contributed by atoms with Gasteiger partial charge in [0.15, 0.2) is 0 Å². The molecule has 0 radical (unpaired) electrons. The number of benzene rings is 2. The second kappa shape index (κ2) is 11.3. The van der Waals surface area contributed by atoms with Gasteiger partial charge in [-0.2, -0.15) is 0 Å². The number of nitrogens with zero attached hydrogens (tertiary/aromatic N) is 2. The fourth-order valence-corrected chi connectivity index (χ4v) is 4.88. The molecule has 2 aromatic rings. The van der Waals surface area contributed by atoms with Gasteiger partial charge in [0.1, 0.15) is 12.6 Å². The summed E-state index contributed by atoms with van der Waals surface area (Å²) in [7, 11) is 1.47. The van der Waals surface area contributed by atoms with Crippen molar-refractivity contribution in [3.05, 3.63) is 59.7 Å². The lowest BCUT2D eigenvalue weighted by Gasteiger charge is -2.26. The van der Waals surface area contributed by atoms with Gasteiger partial charge in [-0.3, -0.25) is 14.5 Å². The predicted octanol–water partition coefficient (Wildman–Crippen LogP) is 2.16. The molecule has 0 aromatic heterocycles. The van der Waals surface area contributed by atoms with Crippen molar-refractivity contribution in [3.8, 4) is 11.1 Å². The van der Waals surface area contributed by atoms with E-state index in [0.29, 0.717) is 32.6 Å². The molecule has 2 amide bonds. The molecule has 9 heteroatoms. The van der Waals surface area contributed by atoms with Gasteiger partial charge in [0.2, 0.25) is 5.91 Å². The average Bonchev–Trinajstić information content (AvgIpc) is 2.98. The largest absolute Gasteiger partial charge is 0.480 e. The van der Waals surface area contributed by atoms with Gasteiger partial charge in [-0.25, -0.2) is 4.79 Å². The van der Waals surface area contributed by atoms with E-state index in [1.807, 2.05) is 36.4 Å². The maximum atomic E-state index is 13.1. The Morgan fingerprint density at radius 1 is 1.00 bits per heavy atom. The van der Waals surface area contributed by atoms with Crippen molar-refractivity contribution in [2.75, 3.05) is 53.0 Å². The molecular weight excluding hydrogens is 450 g/mol. The summed E-state index contributed by atoms with van der Waals surface area (Å²) in [6.45, 7) is 2.05. The maximum Gasteiger partial charge on any atom is 0.407 e. The summed E-state index contributed by atoms with van der Waals surface area (Å²) in [4.78, 5) is 40.3. The van der Waals surface area contributed by atoms with Crippen LogP contribution in [0.25, 0.3) is 11.1 Å². The third-order valence-electron chi connectivity index (χ3n) is 6.53. The second-order valence-electron chi connectivity index (χ2n) is 8.83. The zero-order valence-electron chi connectivity index (χ0n) is 19.8. The topological polar surface area (TPSA) is 108 Å². The number of rotatable bonds is 8. The van der Waals surface area contributed by atoms with E-state index in [2.05, 4.69) is 17.4 Å². The monoisotopic (exact) mass is 481 g/mol. The van der Waals surface area contributed by atoms with Gasteiger partial charge in [0.25, 0.3) is 0 Å². The lowest BCUT2D eigenvalue weighted by Crippen LogP contribution is -2.51. The molecule has 186 valence electrons. The number of ether oxygens (including phenoxy) is 2. The van der Waals surface area contributed by atoms with Crippen LogP contribution in [0, 0.1) is 0 Å². The van der Waals surface area contributed by atoms with Crippen LogP contribution in [-0.2, 0) is 19.1 Å². The fourth-order valence-electron chi connectivity index (χ4n) is 4.88. The number of hydrogen-bond acceptors (Lipinski definition) is 6. The normalized spacial score (nSPS) is 16.7. The summed E-state index contributed by atoms with van der Waals surface area (Å²) in [5.41, 5.74) is 4.51. The number of fused-ring (bicyclic) bond motifs is 3. The minimum Gasteiger partial charge on any atom is -0.480 e. The third-order valence-corrected chi connectivity index (χ3v) is 6.53. The molecule has 1 fully saturated rings. The van der Waals surface area contributed by atoms with E-state index in [9.17, 15) is 14.4 Å². The van der Waals surface area contributed by atoms with Crippen LogP contribution in [0.3, 0.4) is 0 Å². The van der Waals surface area contributed by atoms with E-state index in [1.54, 1.807) is 9.80 Å². The highest BCUT2D eigenvalue weighted by Gasteiger charge is 2.31. The number of alkyl carbamates (subject to hydrolysis) is 1. The SMILES string of the molecule is COC[C@H](NC(=O)OCC1c2ccccc2-c2ccccc21)C(=O)N1CCCN(CC(=O)O)CC1. The molecule has 0 unspecified atom stereocenters. The Morgan fingerprint density at radius 2 is 1.66 bits per heavy atom. The highest BCUT2D eigenvalue weighted by atomic mass is 16.5. The molecule has 2 aliphatic rings. The van der Waals surface area contributed by atoms with E-state index in [-0.39, 0.29) is 31.6 Å². The molecule has 0 saturated carbocycles. The van der Waals surface area contributed by atoms with Crippen LogP contribution in [0.1, 0.15) is 23.5 Å². The van der Waals surface area contributed by atoms with Gasteiger partial charge in [-0.15, -0.1) is 0 Å². The van der Waals surface area contributed by atoms with Crippen molar-refractivity contribution < 1.29 is 29.0 Å². The van der Waals surface area contributed by atoms with Crippen molar-refractivity contribution in [2.24, 2.45) is 0 Å². The van der Waals surface area contributed by atoms with Crippen LogP contribution in [0.5, 0.6) is 0 Å². The van der Waals surface area contributed by atoms with Gasteiger partial charge in [-0.05, 0) is 28.7 Å². The number of hydrogen-bond donors (Lipinski definition) is 2. The van der Waals surface area contributed by atoms with Crippen molar-refractivity contribution in [1.29, 1.82) is 0 Å². The van der Waals surface area contributed by atoms with Crippen LogP contribution in [0.15, 0.2) is 48.5 Å². The van der Waals surface area contributed by atoms with Crippen LogP contribution < -0.4 is 5.32 Å². The van der Waals surface area contributed by atoms with Gasteiger partial charge in [0, 0.05) is 39.2 Å². The zero-order chi connectivity index (χ0) is 24.8. The number of methoxy groups -OCH3 is 1. The van der Waals surface area contributed by atoms with E-state index < -0.39 is 18.1 Å². The summed E-state index contributed by atoms with van der Waals surface area (Å²) in [6.07, 6.45) is -0.0199. The highest BCUT2D eigenvalue weighted by Crippen LogP contribution is 2.44. The maximum absolute atomic E-state index is 13.1. The van der Waals surface area contributed by atoms with Crippen LogP contribution in [-0.4, -0.2) is 92.0 Å². The molecule has 1 atom stereocenters. The predicted molar refractivity (Wildman–Crippen MR) is 129 cm³/mol. The number of carbonyl (C=O) groups is 3. The Hall–Kier alpha value is -3.43. The smallest absolute Gasteiger partial charge is 0.407 e. The molecule has 0 spiro atoms. The molecule has 9 nitrogen and oxygen atoms in total. The number of carbonyl (C=O) groups excluding carboxylic acids is 2. The summed E-state index contributed by atoms with van der Waals surface area (Å²) < 4.78 is 10.8. The van der Waals surface area contributed by atoms with Gasteiger partial charge in [-0.1, -0.05) is 48.5 Å². The van der Waals surface area contributed by atoms with Gasteiger partial charge in [0.05, 0.1) is 13.2 Å². The van der Waals surface area contributed by atoms with Crippen molar-refractivity contribution in [1.82, 2.24) is 15.1 Å². The second-order valence-corrected chi connectivity index (χ2v) is 8.83. The fraction of sp³-hybridized carbons (Fsp3) is 0.423. The lowest BCUT2D eigenvalue weighted by molar-refractivity contribution is -0.138. The molecule has 0 bridgehead atoms. The summed E-state index contributed by atoms with van der Waals surface area (Å²) >= 11 is 0. The molecule has 1 heterocycles. The first kappa shape index (κ1) is 24.7. The van der Waals surface area contributed by atoms with Crippen molar-refractivity contribution in [2.45, 2.75) is 18.4 Å². The number of aliphatic carboxylic acids is 1. The Balaban J connectivity index is 1.36. The molecule has 1 saturated heterocycles. The van der Waals surface area contributed by atoms with Crippen molar-refractivity contribution >= 4 is 18.0 Å². The van der Waals surface area contributed by atoms with E-state index in [0.717, 1.165) is 22.3 Å². The molecular formula is C26H31N3O6. The average molecular weight is 482 g/mol. The Labute approximate surface area is 204 Å². The highest BCUT2D eigenvalue weighted by molar-refractivity contribution is 5.86. The number of nitrogens with one attached hydrogen (secondary N) is 1.